The first-order valence-corrected chi connectivity index (χ1v) is 7.26. The largest absolute Gasteiger partial charge is 0.342 e. The summed E-state index contributed by atoms with van der Waals surface area (Å²) < 4.78 is 32.5. The van der Waals surface area contributed by atoms with Crippen molar-refractivity contribution in [3.05, 3.63) is 35.7 Å². The van der Waals surface area contributed by atoms with E-state index in [-0.39, 0.29) is 19.5 Å². The molecule has 23 heavy (non-hydrogen) atoms. The van der Waals surface area contributed by atoms with Gasteiger partial charge >= 0.3 is 0 Å². The Bertz CT molecular complexity index is 700. The molecular weight excluding hydrogens is 306 g/mol. The summed E-state index contributed by atoms with van der Waals surface area (Å²) in [5.41, 5.74) is 0.957. The van der Waals surface area contributed by atoms with Crippen LogP contribution >= 0.6 is 0 Å². The second-order valence-electron chi connectivity index (χ2n) is 5.47. The van der Waals surface area contributed by atoms with Crippen LogP contribution in [0.15, 0.2) is 28.8 Å². The highest BCUT2D eigenvalue weighted by Gasteiger charge is 2.42. The molecule has 0 aliphatic carbocycles. The Balaban J connectivity index is 1.70. The van der Waals surface area contributed by atoms with Crippen molar-refractivity contribution in [1.82, 2.24) is 20.8 Å². The van der Waals surface area contributed by atoms with E-state index in [1.54, 1.807) is 31.2 Å². The molecule has 122 valence electrons. The van der Waals surface area contributed by atoms with E-state index in [1.807, 2.05) is 0 Å². The molecule has 2 aromatic rings. The third kappa shape index (κ3) is 3.37. The highest BCUT2D eigenvalue weighted by atomic mass is 19.3. The van der Waals surface area contributed by atoms with Crippen molar-refractivity contribution in [3.63, 3.8) is 0 Å². The molecular formula is C15H16F2N4O2. The van der Waals surface area contributed by atoms with Gasteiger partial charge in [0.25, 0.3) is 17.7 Å². The van der Waals surface area contributed by atoms with Crippen molar-refractivity contribution < 1.29 is 18.1 Å². The highest BCUT2D eigenvalue weighted by Crippen LogP contribution is 2.25. The van der Waals surface area contributed by atoms with Gasteiger partial charge in [-0.05, 0) is 31.2 Å². The standard InChI is InChI=1S/C15H16F2N4O2/c1-9-19-14(23-21-9)11-4-2-10(3-5-11)13(22)20-12-8-18-7-6-15(12,16)17/h2-5,12,18H,6-8H2,1H3,(H,20,22). The highest BCUT2D eigenvalue weighted by molar-refractivity contribution is 5.94. The second kappa shape index (κ2) is 6.04. The van der Waals surface area contributed by atoms with Crippen LogP contribution in [0.25, 0.3) is 11.5 Å². The Morgan fingerprint density at radius 2 is 2.13 bits per heavy atom. The van der Waals surface area contributed by atoms with Crippen molar-refractivity contribution in [2.24, 2.45) is 0 Å². The molecule has 1 atom stereocenters. The van der Waals surface area contributed by atoms with E-state index in [9.17, 15) is 13.6 Å². The number of rotatable bonds is 3. The zero-order valence-corrected chi connectivity index (χ0v) is 12.5. The maximum absolute atomic E-state index is 13.8. The summed E-state index contributed by atoms with van der Waals surface area (Å²) in [6.45, 7) is 2.00. The summed E-state index contributed by atoms with van der Waals surface area (Å²) in [6.07, 6.45) is -0.284. The summed E-state index contributed by atoms with van der Waals surface area (Å²) in [5, 5.41) is 8.93. The molecule has 6 nitrogen and oxygen atoms in total. The molecule has 0 bridgehead atoms. The number of amides is 1. The molecule has 1 aliphatic rings. The molecule has 1 unspecified atom stereocenters. The van der Waals surface area contributed by atoms with Gasteiger partial charge in [-0.1, -0.05) is 5.16 Å². The number of nitrogens with zero attached hydrogens (tertiary/aromatic N) is 2. The fourth-order valence-electron chi connectivity index (χ4n) is 2.40. The quantitative estimate of drug-likeness (QED) is 0.900. The predicted molar refractivity (Wildman–Crippen MR) is 78.2 cm³/mol. The first-order valence-electron chi connectivity index (χ1n) is 7.26. The fourth-order valence-corrected chi connectivity index (χ4v) is 2.40. The maximum Gasteiger partial charge on any atom is 0.270 e. The minimum atomic E-state index is -2.90. The summed E-state index contributed by atoms with van der Waals surface area (Å²) in [7, 11) is 0. The first kappa shape index (κ1) is 15.5. The lowest BCUT2D eigenvalue weighted by Crippen LogP contribution is -2.57. The molecule has 0 saturated carbocycles. The van der Waals surface area contributed by atoms with Gasteiger partial charge in [0.15, 0.2) is 5.82 Å². The molecule has 1 amide bonds. The van der Waals surface area contributed by atoms with Crippen LogP contribution in [-0.2, 0) is 0 Å². The topological polar surface area (TPSA) is 80.0 Å². The molecule has 1 saturated heterocycles. The molecule has 1 fully saturated rings. The smallest absolute Gasteiger partial charge is 0.270 e. The molecule has 1 aromatic heterocycles. The van der Waals surface area contributed by atoms with Crippen LogP contribution in [-0.4, -0.2) is 41.1 Å². The van der Waals surface area contributed by atoms with Crippen molar-refractivity contribution in [2.45, 2.75) is 25.3 Å². The normalized spacial score (nSPS) is 20.2. The molecule has 0 spiro atoms. The van der Waals surface area contributed by atoms with Crippen molar-refractivity contribution in [1.29, 1.82) is 0 Å². The number of nitrogens with one attached hydrogen (secondary N) is 2. The van der Waals surface area contributed by atoms with E-state index in [1.165, 1.54) is 0 Å². The van der Waals surface area contributed by atoms with E-state index >= 15 is 0 Å². The second-order valence-corrected chi connectivity index (χ2v) is 5.47. The van der Waals surface area contributed by atoms with Crippen LogP contribution in [0.1, 0.15) is 22.6 Å². The van der Waals surface area contributed by atoms with Gasteiger partial charge in [-0.15, -0.1) is 0 Å². The van der Waals surface area contributed by atoms with E-state index in [0.29, 0.717) is 22.8 Å². The zero-order valence-electron chi connectivity index (χ0n) is 12.5. The van der Waals surface area contributed by atoms with Crippen LogP contribution in [0, 0.1) is 6.92 Å². The van der Waals surface area contributed by atoms with Crippen LogP contribution in [0.3, 0.4) is 0 Å². The number of aromatic nitrogens is 2. The Morgan fingerprint density at radius 1 is 1.39 bits per heavy atom. The van der Waals surface area contributed by atoms with Crippen LogP contribution < -0.4 is 10.6 Å². The third-order valence-electron chi connectivity index (χ3n) is 3.72. The minimum absolute atomic E-state index is 0.0537. The zero-order chi connectivity index (χ0) is 16.4. The SMILES string of the molecule is Cc1noc(-c2ccc(C(=O)NC3CNCCC3(F)F)cc2)n1. The molecule has 0 radical (unpaired) electrons. The van der Waals surface area contributed by atoms with Gasteiger partial charge in [0.05, 0.1) is 0 Å². The summed E-state index contributed by atoms with van der Waals surface area (Å²) in [5.74, 6) is -2.58. The van der Waals surface area contributed by atoms with Gasteiger partial charge in [-0.3, -0.25) is 4.79 Å². The Labute approximate surface area is 131 Å². The lowest BCUT2D eigenvalue weighted by atomic mass is 10.0. The molecule has 2 heterocycles. The van der Waals surface area contributed by atoms with Crippen LogP contribution in [0.4, 0.5) is 8.78 Å². The number of carbonyl (C=O) groups is 1. The van der Waals surface area contributed by atoms with Crippen LogP contribution in [0.5, 0.6) is 0 Å². The Kier molecular flexibility index (Phi) is 4.08. The molecule has 1 aliphatic heterocycles. The maximum atomic E-state index is 13.8. The number of hydrogen-bond donors (Lipinski definition) is 2. The number of piperidine rings is 1. The molecule has 2 N–H and O–H groups in total. The number of halogens is 2. The Morgan fingerprint density at radius 3 is 2.74 bits per heavy atom. The average molecular weight is 322 g/mol. The van der Waals surface area contributed by atoms with E-state index in [4.69, 9.17) is 4.52 Å². The van der Waals surface area contributed by atoms with Gasteiger partial charge in [0.1, 0.15) is 6.04 Å². The monoisotopic (exact) mass is 322 g/mol. The van der Waals surface area contributed by atoms with E-state index in [2.05, 4.69) is 20.8 Å². The number of benzene rings is 1. The lowest BCUT2D eigenvalue weighted by molar-refractivity contribution is -0.0542. The van der Waals surface area contributed by atoms with E-state index in [0.717, 1.165) is 0 Å². The van der Waals surface area contributed by atoms with Gasteiger partial charge in [0, 0.05) is 30.6 Å². The number of carbonyl (C=O) groups excluding carboxylic acids is 1. The molecule has 1 aromatic carbocycles. The minimum Gasteiger partial charge on any atom is -0.342 e. The van der Waals surface area contributed by atoms with Gasteiger partial charge in [-0.2, -0.15) is 4.98 Å². The third-order valence-corrected chi connectivity index (χ3v) is 3.72. The number of aryl methyl sites for hydroxylation is 1. The van der Waals surface area contributed by atoms with Gasteiger partial charge in [0.2, 0.25) is 0 Å². The van der Waals surface area contributed by atoms with E-state index < -0.39 is 17.9 Å². The summed E-state index contributed by atoms with van der Waals surface area (Å²) in [6, 6.07) is 5.15. The van der Waals surface area contributed by atoms with Crippen molar-refractivity contribution in [3.8, 4) is 11.5 Å². The fraction of sp³-hybridized carbons (Fsp3) is 0.400. The number of alkyl halides is 2. The summed E-state index contributed by atoms with van der Waals surface area (Å²) >= 11 is 0. The lowest BCUT2D eigenvalue weighted by Gasteiger charge is -2.32. The van der Waals surface area contributed by atoms with Crippen molar-refractivity contribution in [2.75, 3.05) is 13.1 Å². The predicted octanol–water partition coefficient (Wildman–Crippen LogP) is 1.77. The summed E-state index contributed by atoms with van der Waals surface area (Å²) in [4.78, 5) is 16.2. The van der Waals surface area contributed by atoms with Gasteiger partial charge in [-0.25, -0.2) is 8.78 Å². The Hall–Kier alpha value is -2.35. The molecule has 8 heteroatoms. The number of hydrogen-bond acceptors (Lipinski definition) is 5. The first-order chi connectivity index (χ1) is 11.0. The van der Waals surface area contributed by atoms with Gasteiger partial charge < -0.3 is 15.2 Å². The molecule has 3 rings (SSSR count). The van der Waals surface area contributed by atoms with Crippen molar-refractivity contribution >= 4 is 5.91 Å². The average Bonchev–Trinajstić information content (AvgIpc) is 2.96. The van der Waals surface area contributed by atoms with Crippen LogP contribution in [0.2, 0.25) is 0 Å².